The van der Waals surface area contributed by atoms with Gasteiger partial charge in [0.15, 0.2) is 5.71 Å². The van der Waals surface area contributed by atoms with Crippen LogP contribution >= 0.6 is 11.6 Å². The van der Waals surface area contributed by atoms with Crippen LogP contribution in [0, 0.1) is 29.6 Å². The van der Waals surface area contributed by atoms with Gasteiger partial charge in [0.25, 0.3) is 5.91 Å². The summed E-state index contributed by atoms with van der Waals surface area (Å²) in [5.74, 6) is -2.35. The van der Waals surface area contributed by atoms with E-state index in [4.69, 9.17) is 16.4 Å². The molecule has 4 heterocycles. The summed E-state index contributed by atoms with van der Waals surface area (Å²) < 4.78 is 38.4. The fourth-order valence-corrected chi connectivity index (χ4v) is 6.91. The molecule has 4 fully saturated rings. The molecule has 3 amide bonds. The molecule has 6 unspecified atom stereocenters. The molecule has 1 N–H and O–H groups in total. The summed E-state index contributed by atoms with van der Waals surface area (Å²) in [5, 5.41) is 6.70. The average Bonchev–Trinajstić information content (AvgIpc) is 3.63. The molecular formula is C23H23ClF3N5O4. The van der Waals surface area contributed by atoms with Gasteiger partial charge in [-0.15, -0.1) is 0 Å². The van der Waals surface area contributed by atoms with Crippen molar-refractivity contribution in [1.29, 1.82) is 0 Å². The fourth-order valence-electron chi connectivity index (χ4n) is 6.67. The molecule has 6 rings (SSSR count). The van der Waals surface area contributed by atoms with Crippen LogP contribution in [0.15, 0.2) is 17.4 Å². The van der Waals surface area contributed by atoms with Crippen molar-refractivity contribution < 1.29 is 32.4 Å². The Kier molecular flexibility index (Phi) is 5.43. The Balaban J connectivity index is 1.12. The van der Waals surface area contributed by atoms with Crippen LogP contribution in [0.2, 0.25) is 5.02 Å². The molecule has 2 saturated heterocycles. The molecule has 9 nitrogen and oxygen atoms in total. The van der Waals surface area contributed by atoms with E-state index in [9.17, 15) is 27.6 Å². The maximum atomic E-state index is 13.3. The number of likely N-dealkylation sites (tertiary alicyclic amines) is 2. The van der Waals surface area contributed by atoms with Gasteiger partial charge in [-0.3, -0.25) is 19.3 Å². The number of carbonyl (C=O) groups excluding carboxylic acids is 3. The first kappa shape index (κ1) is 23.5. The lowest BCUT2D eigenvalue weighted by Gasteiger charge is -2.30. The van der Waals surface area contributed by atoms with Gasteiger partial charge in [0.2, 0.25) is 11.8 Å². The number of imide groups is 1. The van der Waals surface area contributed by atoms with Crippen LogP contribution in [0.5, 0.6) is 0 Å². The number of anilines is 1. The Hall–Kier alpha value is -2.89. The summed E-state index contributed by atoms with van der Waals surface area (Å²) in [6, 6.07) is 0.770. The normalized spacial score (nSPS) is 32.6. The second-order valence-electron chi connectivity index (χ2n) is 9.99. The van der Waals surface area contributed by atoms with Crippen molar-refractivity contribution in [2.75, 3.05) is 31.5 Å². The topological polar surface area (TPSA) is 104 Å². The number of pyridine rings is 1. The third kappa shape index (κ3) is 3.47. The summed E-state index contributed by atoms with van der Waals surface area (Å²) in [6.45, 7) is 1.47. The van der Waals surface area contributed by atoms with E-state index in [1.54, 1.807) is 4.90 Å². The van der Waals surface area contributed by atoms with Gasteiger partial charge >= 0.3 is 6.18 Å². The number of aromatic nitrogens is 1. The predicted molar refractivity (Wildman–Crippen MR) is 120 cm³/mol. The molecule has 0 aromatic carbocycles. The van der Waals surface area contributed by atoms with E-state index in [1.165, 1.54) is 4.90 Å². The molecular weight excluding hydrogens is 503 g/mol. The standard InChI is InChI=1S/C23H23ClF3N5O4/c24-13-7-10(23(25,26)27)9-29-19(13)28-3-6-32-20(33)14-11-8-12(15(14)21(32)34)18-16(11)17(30-36-18)22(35)31-4-1-2-5-31/h7,9,11-12,14-16,18H,1-6,8H2,(H,28,29). The summed E-state index contributed by atoms with van der Waals surface area (Å²) in [7, 11) is 0. The molecule has 0 radical (unpaired) electrons. The van der Waals surface area contributed by atoms with Crippen molar-refractivity contribution >= 4 is 40.9 Å². The lowest BCUT2D eigenvalue weighted by atomic mass is 9.72. The van der Waals surface area contributed by atoms with Gasteiger partial charge in [0.1, 0.15) is 11.9 Å². The van der Waals surface area contributed by atoms with Gasteiger partial charge in [0.05, 0.1) is 28.3 Å². The quantitative estimate of drug-likeness (QED) is 0.592. The number of carbonyl (C=O) groups is 3. The van der Waals surface area contributed by atoms with Crippen molar-refractivity contribution in [3.63, 3.8) is 0 Å². The number of amides is 3. The van der Waals surface area contributed by atoms with Crippen molar-refractivity contribution in [3.8, 4) is 0 Å². The van der Waals surface area contributed by atoms with Crippen LogP contribution in [0.1, 0.15) is 24.8 Å². The largest absolute Gasteiger partial charge is 0.417 e. The summed E-state index contributed by atoms with van der Waals surface area (Å²) >= 11 is 5.92. The van der Waals surface area contributed by atoms with Crippen LogP contribution < -0.4 is 5.32 Å². The predicted octanol–water partition coefficient (Wildman–Crippen LogP) is 2.41. The minimum Gasteiger partial charge on any atom is -0.391 e. The lowest BCUT2D eigenvalue weighted by Crippen LogP contribution is -2.45. The zero-order chi connectivity index (χ0) is 25.4. The van der Waals surface area contributed by atoms with E-state index in [0.29, 0.717) is 31.4 Å². The van der Waals surface area contributed by atoms with E-state index < -0.39 is 23.6 Å². The zero-order valence-electron chi connectivity index (χ0n) is 19.0. The number of halogens is 4. The van der Waals surface area contributed by atoms with Gasteiger partial charge in [-0.1, -0.05) is 16.8 Å². The van der Waals surface area contributed by atoms with Gasteiger partial charge in [-0.25, -0.2) is 4.98 Å². The maximum Gasteiger partial charge on any atom is 0.417 e. The van der Waals surface area contributed by atoms with Gasteiger partial charge < -0.3 is 15.1 Å². The van der Waals surface area contributed by atoms with Gasteiger partial charge in [-0.2, -0.15) is 13.2 Å². The Morgan fingerprint density at radius 3 is 2.50 bits per heavy atom. The molecule has 1 aromatic heterocycles. The van der Waals surface area contributed by atoms with E-state index in [0.717, 1.165) is 18.9 Å². The van der Waals surface area contributed by atoms with Gasteiger partial charge in [-0.05, 0) is 31.2 Å². The Bertz CT molecular complexity index is 1170. The first-order valence-corrected chi connectivity index (χ1v) is 12.4. The van der Waals surface area contributed by atoms with E-state index in [2.05, 4.69) is 15.5 Å². The fraction of sp³-hybridized carbons (Fsp3) is 0.609. The first-order chi connectivity index (χ1) is 17.2. The summed E-state index contributed by atoms with van der Waals surface area (Å²) in [5.41, 5.74) is -0.596. The number of oxime groups is 1. The highest BCUT2D eigenvalue weighted by atomic mass is 35.5. The van der Waals surface area contributed by atoms with Crippen LogP contribution in [0.3, 0.4) is 0 Å². The number of nitrogens with one attached hydrogen (secondary N) is 1. The molecule has 2 aliphatic carbocycles. The summed E-state index contributed by atoms with van der Waals surface area (Å²) in [4.78, 5) is 51.9. The van der Waals surface area contributed by atoms with Gasteiger partial charge in [0, 0.05) is 38.3 Å². The van der Waals surface area contributed by atoms with Crippen molar-refractivity contribution in [1.82, 2.24) is 14.8 Å². The number of alkyl halides is 3. The number of hydrogen-bond acceptors (Lipinski definition) is 7. The SMILES string of the molecule is O=C(C1=NOC2C3CC(C12)C1C(=O)N(CCNc2ncc(C(F)(F)F)cc2Cl)C(=O)C31)N1CCCC1. The number of nitrogens with zero attached hydrogens (tertiary/aromatic N) is 4. The molecule has 36 heavy (non-hydrogen) atoms. The number of rotatable bonds is 5. The average molecular weight is 526 g/mol. The van der Waals surface area contributed by atoms with Crippen molar-refractivity contribution in [2.45, 2.75) is 31.5 Å². The van der Waals surface area contributed by atoms with E-state index in [1.807, 2.05) is 0 Å². The highest BCUT2D eigenvalue weighted by Gasteiger charge is 2.70. The lowest BCUT2D eigenvalue weighted by molar-refractivity contribution is -0.141. The first-order valence-electron chi connectivity index (χ1n) is 12.0. The van der Waals surface area contributed by atoms with Crippen LogP contribution in [-0.2, 0) is 25.4 Å². The molecule has 6 atom stereocenters. The Labute approximate surface area is 209 Å². The number of hydrogen-bond donors (Lipinski definition) is 1. The van der Waals surface area contributed by atoms with Crippen molar-refractivity contribution in [2.24, 2.45) is 34.7 Å². The summed E-state index contributed by atoms with van der Waals surface area (Å²) in [6.07, 6.45) is -1.72. The zero-order valence-corrected chi connectivity index (χ0v) is 19.8. The van der Waals surface area contributed by atoms with Crippen molar-refractivity contribution in [3.05, 3.63) is 22.8 Å². The monoisotopic (exact) mass is 525 g/mol. The van der Waals surface area contributed by atoms with Crippen LogP contribution in [0.4, 0.5) is 19.0 Å². The third-order valence-corrected chi connectivity index (χ3v) is 8.48. The second kappa shape index (κ2) is 8.32. The molecule has 2 saturated carbocycles. The Morgan fingerprint density at radius 1 is 1.14 bits per heavy atom. The van der Waals surface area contributed by atoms with Crippen LogP contribution in [0.25, 0.3) is 0 Å². The third-order valence-electron chi connectivity index (χ3n) is 8.19. The molecule has 0 spiro atoms. The second-order valence-corrected chi connectivity index (χ2v) is 10.4. The molecule has 13 heteroatoms. The highest BCUT2D eigenvalue weighted by molar-refractivity contribution is 6.40. The number of fused-ring (bicyclic) bond motifs is 8. The molecule has 2 bridgehead atoms. The Morgan fingerprint density at radius 2 is 1.83 bits per heavy atom. The molecule has 5 aliphatic rings. The van der Waals surface area contributed by atoms with E-state index >= 15 is 0 Å². The molecule has 3 aliphatic heterocycles. The minimum absolute atomic E-state index is 0.0208. The minimum atomic E-state index is -4.56. The van der Waals surface area contributed by atoms with E-state index in [-0.39, 0.29) is 65.5 Å². The molecule has 192 valence electrons. The smallest absolute Gasteiger partial charge is 0.391 e. The van der Waals surface area contributed by atoms with Crippen LogP contribution in [-0.4, -0.2) is 70.5 Å². The maximum absolute atomic E-state index is 13.3. The molecule has 1 aromatic rings. The highest BCUT2D eigenvalue weighted by Crippen LogP contribution is 2.61.